The summed E-state index contributed by atoms with van der Waals surface area (Å²) in [5.74, 6) is -0.0472. The van der Waals surface area contributed by atoms with Crippen LogP contribution < -0.4 is 5.32 Å². The second-order valence-electron chi connectivity index (χ2n) is 9.66. The molecule has 4 nitrogen and oxygen atoms in total. The van der Waals surface area contributed by atoms with Gasteiger partial charge in [0.15, 0.2) is 0 Å². The van der Waals surface area contributed by atoms with Crippen molar-refractivity contribution >= 4 is 5.91 Å². The first-order valence-electron chi connectivity index (χ1n) is 11.9. The van der Waals surface area contributed by atoms with Gasteiger partial charge in [-0.05, 0) is 55.1 Å². The Bertz CT molecular complexity index is 1120. The predicted molar refractivity (Wildman–Crippen MR) is 131 cm³/mol. The number of nitrogens with one attached hydrogen (secondary N) is 1. The molecule has 1 aliphatic carbocycles. The van der Waals surface area contributed by atoms with E-state index in [1.54, 1.807) is 0 Å². The zero-order chi connectivity index (χ0) is 22.8. The van der Waals surface area contributed by atoms with Gasteiger partial charge in [-0.15, -0.1) is 0 Å². The van der Waals surface area contributed by atoms with Crippen LogP contribution in [0.3, 0.4) is 0 Å². The molecule has 0 bridgehead atoms. The highest BCUT2D eigenvalue weighted by molar-refractivity contribution is 5.79. The van der Waals surface area contributed by atoms with Gasteiger partial charge < -0.3 is 10.4 Å². The minimum atomic E-state index is -0.615. The van der Waals surface area contributed by atoms with Crippen molar-refractivity contribution in [3.05, 3.63) is 107 Å². The van der Waals surface area contributed by atoms with Gasteiger partial charge in [0.1, 0.15) is 0 Å². The maximum absolute atomic E-state index is 12.8. The number of aliphatic hydroxyl groups is 1. The maximum Gasteiger partial charge on any atom is 0.224 e. The van der Waals surface area contributed by atoms with Crippen LogP contribution in [0.4, 0.5) is 0 Å². The summed E-state index contributed by atoms with van der Waals surface area (Å²) in [7, 11) is 0. The lowest BCUT2D eigenvalue weighted by Gasteiger charge is -2.43. The van der Waals surface area contributed by atoms with Gasteiger partial charge in [-0.2, -0.15) is 0 Å². The van der Waals surface area contributed by atoms with Crippen molar-refractivity contribution in [3.63, 3.8) is 0 Å². The second-order valence-corrected chi connectivity index (χ2v) is 9.66. The molecule has 2 N–H and O–H groups in total. The molecule has 1 heterocycles. The smallest absolute Gasteiger partial charge is 0.224 e. The van der Waals surface area contributed by atoms with Crippen molar-refractivity contribution in [2.75, 3.05) is 13.1 Å². The Morgan fingerprint density at radius 3 is 2.42 bits per heavy atom. The third-order valence-electron chi connectivity index (χ3n) is 7.48. The van der Waals surface area contributed by atoms with Crippen molar-refractivity contribution in [1.29, 1.82) is 0 Å². The molecule has 1 aliphatic heterocycles. The molecule has 0 saturated carbocycles. The number of carbonyl (C=O) groups is 1. The first-order chi connectivity index (χ1) is 16.0. The summed E-state index contributed by atoms with van der Waals surface area (Å²) in [6.07, 6.45) is 1.49. The normalized spacial score (nSPS) is 21.6. The second kappa shape index (κ2) is 9.12. The fraction of sp³-hybridized carbons (Fsp3) is 0.345. The van der Waals surface area contributed by atoms with Crippen LogP contribution in [0.1, 0.15) is 46.7 Å². The van der Waals surface area contributed by atoms with Gasteiger partial charge >= 0.3 is 0 Å². The first-order valence-corrected chi connectivity index (χ1v) is 11.9. The number of fused-ring (bicyclic) bond motifs is 2. The Labute approximate surface area is 196 Å². The summed E-state index contributed by atoms with van der Waals surface area (Å²) in [6, 6.07) is 26.4. The molecule has 2 atom stereocenters. The Balaban J connectivity index is 1.31. The van der Waals surface area contributed by atoms with Crippen LogP contribution >= 0.6 is 0 Å². The lowest BCUT2D eigenvalue weighted by molar-refractivity contribution is -0.122. The summed E-state index contributed by atoms with van der Waals surface area (Å²) >= 11 is 0. The monoisotopic (exact) mass is 440 g/mol. The molecule has 3 aromatic rings. The zero-order valence-electron chi connectivity index (χ0n) is 19.2. The minimum Gasteiger partial charge on any atom is -0.390 e. The lowest BCUT2D eigenvalue weighted by atomic mass is 9.72. The third kappa shape index (κ3) is 4.33. The van der Waals surface area contributed by atoms with E-state index in [0.29, 0.717) is 6.42 Å². The molecule has 170 valence electrons. The number of carbonyl (C=O) groups excluding carboxylic acids is 1. The van der Waals surface area contributed by atoms with E-state index in [4.69, 9.17) is 0 Å². The largest absolute Gasteiger partial charge is 0.390 e. The van der Waals surface area contributed by atoms with Crippen LogP contribution in [0.5, 0.6) is 0 Å². The molecule has 33 heavy (non-hydrogen) atoms. The molecule has 1 saturated heterocycles. The SMILES string of the molecule is Cc1cccc(CN2CCC3(CC2)c2ccccc2[C@@H](NC(=O)Cc2ccccc2)[C@@H]3O)c1. The molecule has 1 amide bonds. The highest BCUT2D eigenvalue weighted by atomic mass is 16.3. The number of aryl methyl sites for hydroxylation is 1. The van der Waals surface area contributed by atoms with E-state index in [0.717, 1.165) is 43.6 Å². The van der Waals surface area contributed by atoms with Gasteiger partial charge in [-0.3, -0.25) is 9.69 Å². The summed E-state index contributed by atoms with van der Waals surface area (Å²) in [4.78, 5) is 15.3. The van der Waals surface area contributed by atoms with Crippen molar-refractivity contribution < 1.29 is 9.90 Å². The molecule has 4 heteroatoms. The number of piperidine rings is 1. The summed E-state index contributed by atoms with van der Waals surface area (Å²) in [5.41, 5.74) is 5.58. The quantitative estimate of drug-likeness (QED) is 0.622. The lowest BCUT2D eigenvalue weighted by Crippen LogP contribution is -2.49. The maximum atomic E-state index is 12.8. The number of aliphatic hydroxyl groups excluding tert-OH is 1. The Morgan fingerprint density at radius 1 is 0.970 bits per heavy atom. The molecule has 0 radical (unpaired) electrons. The number of nitrogens with zero attached hydrogens (tertiary/aromatic N) is 1. The van der Waals surface area contributed by atoms with Crippen molar-refractivity contribution in [3.8, 4) is 0 Å². The van der Waals surface area contributed by atoms with E-state index in [9.17, 15) is 9.90 Å². The van der Waals surface area contributed by atoms with Crippen LogP contribution in [-0.4, -0.2) is 35.1 Å². The average Bonchev–Trinajstić information content (AvgIpc) is 3.04. The fourth-order valence-corrected chi connectivity index (χ4v) is 5.78. The number of hydrogen-bond acceptors (Lipinski definition) is 3. The van der Waals surface area contributed by atoms with Gasteiger partial charge in [0.2, 0.25) is 5.91 Å². The van der Waals surface area contributed by atoms with Gasteiger partial charge in [-0.25, -0.2) is 0 Å². The van der Waals surface area contributed by atoms with E-state index < -0.39 is 6.10 Å². The molecule has 1 fully saturated rings. The molecule has 2 aliphatic rings. The van der Waals surface area contributed by atoms with Crippen molar-refractivity contribution in [2.45, 2.75) is 50.3 Å². The number of rotatable bonds is 5. The number of likely N-dealkylation sites (tertiary alicyclic amines) is 1. The van der Waals surface area contributed by atoms with Crippen LogP contribution in [0.25, 0.3) is 0 Å². The summed E-state index contributed by atoms with van der Waals surface area (Å²) < 4.78 is 0. The Morgan fingerprint density at radius 2 is 1.67 bits per heavy atom. The van der Waals surface area contributed by atoms with E-state index in [1.807, 2.05) is 36.4 Å². The van der Waals surface area contributed by atoms with Crippen LogP contribution in [-0.2, 0) is 23.2 Å². The minimum absolute atomic E-state index is 0.0472. The Hall–Kier alpha value is -2.95. The van der Waals surface area contributed by atoms with Gasteiger partial charge in [-0.1, -0.05) is 84.4 Å². The highest BCUT2D eigenvalue weighted by Crippen LogP contribution is 2.51. The van der Waals surface area contributed by atoms with Gasteiger partial charge in [0.25, 0.3) is 0 Å². The van der Waals surface area contributed by atoms with E-state index in [-0.39, 0.29) is 17.4 Å². The Kier molecular flexibility index (Phi) is 6.05. The number of amides is 1. The molecule has 3 aromatic carbocycles. The third-order valence-corrected chi connectivity index (χ3v) is 7.48. The zero-order valence-corrected chi connectivity index (χ0v) is 19.2. The fourth-order valence-electron chi connectivity index (χ4n) is 5.78. The summed E-state index contributed by atoms with van der Waals surface area (Å²) in [6.45, 7) is 4.94. The highest BCUT2D eigenvalue weighted by Gasteiger charge is 2.52. The molecular weight excluding hydrogens is 408 g/mol. The number of benzene rings is 3. The van der Waals surface area contributed by atoms with Gasteiger partial charge in [0, 0.05) is 12.0 Å². The van der Waals surface area contributed by atoms with Crippen LogP contribution in [0, 0.1) is 6.92 Å². The first kappa shape index (κ1) is 21.9. The van der Waals surface area contributed by atoms with E-state index in [1.165, 1.54) is 16.7 Å². The van der Waals surface area contributed by atoms with Crippen LogP contribution in [0.2, 0.25) is 0 Å². The van der Waals surface area contributed by atoms with Crippen LogP contribution in [0.15, 0.2) is 78.9 Å². The predicted octanol–water partition coefficient (Wildman–Crippen LogP) is 4.30. The molecule has 1 spiro atoms. The molecule has 0 aromatic heterocycles. The average molecular weight is 441 g/mol. The number of hydrogen-bond donors (Lipinski definition) is 2. The molecular formula is C29H32N2O2. The molecule has 5 rings (SSSR count). The van der Waals surface area contributed by atoms with Crippen molar-refractivity contribution in [2.24, 2.45) is 0 Å². The molecule has 0 unspecified atom stereocenters. The van der Waals surface area contributed by atoms with E-state index in [2.05, 4.69) is 59.6 Å². The van der Waals surface area contributed by atoms with Crippen molar-refractivity contribution in [1.82, 2.24) is 10.2 Å². The summed E-state index contributed by atoms with van der Waals surface area (Å²) in [5, 5.41) is 14.7. The topological polar surface area (TPSA) is 52.6 Å². The standard InChI is InChI=1S/C29H32N2O2/c1-21-8-7-11-23(18-21)20-31-16-14-29(15-17-31)25-13-6-5-12-24(25)27(28(29)33)30-26(32)19-22-9-3-2-4-10-22/h2-13,18,27-28,33H,14-17,19-20H2,1H3,(H,30,32)/t27-,28+/m1/s1. The van der Waals surface area contributed by atoms with E-state index >= 15 is 0 Å². The van der Waals surface area contributed by atoms with Gasteiger partial charge in [0.05, 0.1) is 18.6 Å².